The molecule has 15 heteroatoms. The van der Waals surface area contributed by atoms with Crippen LogP contribution in [0.4, 0.5) is 4.79 Å². The Kier molecular flexibility index (Phi) is 18.0. The topological polar surface area (TPSA) is 213 Å². The third kappa shape index (κ3) is 17.7. The first-order valence-corrected chi connectivity index (χ1v) is 18.1. The van der Waals surface area contributed by atoms with E-state index in [-0.39, 0.29) is 58.3 Å². The highest BCUT2D eigenvalue weighted by Crippen LogP contribution is 2.12. The minimum atomic E-state index is -1.58. The average Bonchev–Trinajstić information content (AvgIpc) is 3.17. The lowest BCUT2D eigenvalue weighted by molar-refractivity contribution is -0.148. The van der Waals surface area contributed by atoms with Gasteiger partial charge in [-0.25, -0.2) is 9.59 Å². The average molecular weight is 776 g/mol. The molecule has 3 aromatic rings. The molecular formula is C41H49N3O12. The molecule has 0 heterocycles. The molecule has 0 saturated carbocycles. The fourth-order valence-corrected chi connectivity index (χ4v) is 5.01. The van der Waals surface area contributed by atoms with Gasteiger partial charge in [0.05, 0.1) is 0 Å². The normalized spacial score (nSPS) is 12.5. The van der Waals surface area contributed by atoms with E-state index >= 15 is 0 Å². The Morgan fingerprint density at radius 3 is 1.18 bits per heavy atom. The molecule has 3 aromatic carbocycles. The summed E-state index contributed by atoms with van der Waals surface area (Å²) in [6.07, 6.45) is -2.97. The van der Waals surface area contributed by atoms with Crippen molar-refractivity contribution in [1.29, 1.82) is 0 Å². The molecule has 0 bridgehead atoms. The van der Waals surface area contributed by atoms with Crippen LogP contribution in [0.1, 0.15) is 76.0 Å². The number of nitrogens with one attached hydrogen (secondary N) is 3. The number of benzene rings is 3. The van der Waals surface area contributed by atoms with Gasteiger partial charge in [0.2, 0.25) is 11.8 Å². The molecule has 0 aliphatic carbocycles. The summed E-state index contributed by atoms with van der Waals surface area (Å²) in [6, 6.07) is 22.1. The van der Waals surface area contributed by atoms with Crippen molar-refractivity contribution < 1.29 is 57.6 Å². The van der Waals surface area contributed by atoms with Crippen LogP contribution >= 0.6 is 0 Å². The van der Waals surface area contributed by atoms with Crippen LogP contribution in [0.2, 0.25) is 0 Å². The number of ether oxygens (including phenoxy) is 4. The maximum Gasteiger partial charge on any atom is 0.408 e. The molecular weight excluding hydrogens is 726 g/mol. The molecule has 56 heavy (non-hydrogen) atoms. The molecule has 0 fully saturated rings. The van der Waals surface area contributed by atoms with Crippen LogP contribution in [0.3, 0.4) is 0 Å². The lowest BCUT2D eigenvalue weighted by Crippen LogP contribution is -2.56. The van der Waals surface area contributed by atoms with Crippen molar-refractivity contribution in [2.45, 2.75) is 103 Å². The first-order chi connectivity index (χ1) is 26.7. The van der Waals surface area contributed by atoms with E-state index in [0.717, 1.165) is 11.1 Å². The van der Waals surface area contributed by atoms with Crippen molar-refractivity contribution in [3.63, 3.8) is 0 Å². The van der Waals surface area contributed by atoms with Crippen molar-refractivity contribution in [2.75, 3.05) is 0 Å². The zero-order valence-electron chi connectivity index (χ0n) is 31.7. The second kappa shape index (κ2) is 22.8. The van der Waals surface area contributed by atoms with Gasteiger partial charge in [-0.2, -0.15) is 0 Å². The summed E-state index contributed by atoms with van der Waals surface area (Å²) in [5, 5.41) is 17.1. The molecule has 0 saturated heterocycles. The Morgan fingerprint density at radius 2 is 0.839 bits per heavy atom. The minimum absolute atomic E-state index is 0.0197. The Labute approximate surface area is 325 Å². The molecule has 0 aliphatic heterocycles. The van der Waals surface area contributed by atoms with Gasteiger partial charge in [0, 0.05) is 19.3 Å². The number of hydrogen-bond donors (Lipinski definition) is 4. The van der Waals surface area contributed by atoms with Gasteiger partial charge in [-0.05, 0) is 56.7 Å². The number of carboxylic acids is 1. The number of rotatable bonds is 21. The van der Waals surface area contributed by atoms with E-state index in [1.807, 2.05) is 6.07 Å². The van der Waals surface area contributed by atoms with Gasteiger partial charge in [0.25, 0.3) is 0 Å². The SMILES string of the molecule is CC(C)(C)OC(=O)NC(CCC(=O)OCc1ccccc1)C(=O)NC(CCC(=O)OCc1ccccc1)C(=O)NC(CCC(=O)OCc1ccccc1)C(=O)O. The van der Waals surface area contributed by atoms with Gasteiger partial charge in [-0.15, -0.1) is 0 Å². The second-order valence-corrected chi connectivity index (χ2v) is 13.7. The Balaban J connectivity index is 1.72. The predicted octanol–water partition coefficient (Wildman–Crippen LogP) is 4.50. The quantitative estimate of drug-likeness (QED) is 0.0870. The molecule has 15 nitrogen and oxygen atoms in total. The van der Waals surface area contributed by atoms with Crippen LogP contribution in [0.5, 0.6) is 0 Å². The van der Waals surface area contributed by atoms with Crippen LogP contribution in [-0.4, -0.2) is 70.6 Å². The first-order valence-electron chi connectivity index (χ1n) is 18.1. The van der Waals surface area contributed by atoms with Gasteiger partial charge in [-0.3, -0.25) is 24.0 Å². The number of hydrogen-bond acceptors (Lipinski definition) is 11. The Bertz CT molecular complexity index is 1750. The van der Waals surface area contributed by atoms with Crippen molar-refractivity contribution >= 4 is 41.8 Å². The van der Waals surface area contributed by atoms with Crippen LogP contribution in [0.15, 0.2) is 91.0 Å². The first kappa shape index (κ1) is 44.1. The maximum atomic E-state index is 13.7. The molecule has 0 spiro atoms. The maximum absolute atomic E-state index is 13.7. The lowest BCUT2D eigenvalue weighted by Gasteiger charge is -2.26. The van der Waals surface area contributed by atoms with E-state index < -0.39 is 65.5 Å². The molecule has 0 aliphatic rings. The molecule has 3 amide bonds. The number of aliphatic carboxylic acids is 1. The summed E-state index contributed by atoms with van der Waals surface area (Å²) in [5.74, 6) is -5.45. The van der Waals surface area contributed by atoms with Crippen LogP contribution < -0.4 is 16.0 Å². The van der Waals surface area contributed by atoms with E-state index in [1.165, 1.54) is 0 Å². The molecule has 3 unspecified atom stereocenters. The fourth-order valence-electron chi connectivity index (χ4n) is 5.01. The fraction of sp³-hybridized carbons (Fsp3) is 0.390. The largest absolute Gasteiger partial charge is 0.480 e. The number of esters is 3. The van der Waals surface area contributed by atoms with Crippen molar-refractivity contribution in [1.82, 2.24) is 16.0 Å². The molecule has 0 aromatic heterocycles. The Morgan fingerprint density at radius 1 is 0.518 bits per heavy atom. The number of amides is 3. The van der Waals surface area contributed by atoms with Gasteiger partial charge in [-0.1, -0.05) is 91.0 Å². The summed E-state index contributed by atoms with van der Waals surface area (Å²) in [5.41, 5.74) is 1.24. The molecule has 0 radical (unpaired) electrons. The second-order valence-electron chi connectivity index (χ2n) is 13.7. The zero-order chi connectivity index (χ0) is 40.9. The van der Waals surface area contributed by atoms with E-state index in [9.17, 15) is 38.7 Å². The molecule has 3 atom stereocenters. The van der Waals surface area contributed by atoms with Crippen molar-refractivity contribution in [3.05, 3.63) is 108 Å². The summed E-state index contributed by atoms with van der Waals surface area (Å²) >= 11 is 0. The zero-order valence-corrected chi connectivity index (χ0v) is 31.7. The van der Waals surface area contributed by atoms with Crippen molar-refractivity contribution in [2.24, 2.45) is 0 Å². The van der Waals surface area contributed by atoms with Crippen LogP contribution in [-0.2, 0) is 67.5 Å². The standard InChI is InChI=1S/C41H49N3O12/c1-41(2,3)56-40(52)44-32(20-23-35(46)54-26-29-15-9-5-10-16-29)38(49)42-31(19-22-34(45)53-25-28-13-7-4-8-14-28)37(48)43-33(39(50)51)21-24-36(47)55-27-30-17-11-6-12-18-30/h4-18,31-33H,19-27H2,1-3H3,(H,42,49)(H,43,48)(H,44,52)(H,50,51). The van der Waals surface area contributed by atoms with Crippen LogP contribution in [0, 0.1) is 0 Å². The lowest BCUT2D eigenvalue weighted by atomic mass is 10.1. The van der Waals surface area contributed by atoms with E-state index in [4.69, 9.17) is 18.9 Å². The highest BCUT2D eigenvalue weighted by Gasteiger charge is 2.32. The van der Waals surface area contributed by atoms with Crippen molar-refractivity contribution in [3.8, 4) is 0 Å². The van der Waals surface area contributed by atoms with Gasteiger partial charge < -0.3 is 40.0 Å². The molecule has 300 valence electrons. The highest BCUT2D eigenvalue weighted by atomic mass is 16.6. The van der Waals surface area contributed by atoms with Crippen LogP contribution in [0.25, 0.3) is 0 Å². The minimum Gasteiger partial charge on any atom is -0.480 e. The number of carboxylic acid groups (broad SMARTS) is 1. The molecule has 4 N–H and O–H groups in total. The summed E-state index contributed by atoms with van der Waals surface area (Å²) in [6.45, 7) is 4.74. The summed E-state index contributed by atoms with van der Waals surface area (Å²) in [7, 11) is 0. The van der Waals surface area contributed by atoms with E-state index in [2.05, 4.69) is 16.0 Å². The summed E-state index contributed by atoms with van der Waals surface area (Å²) in [4.78, 5) is 90.0. The van der Waals surface area contributed by atoms with E-state index in [0.29, 0.717) is 5.56 Å². The van der Waals surface area contributed by atoms with Gasteiger partial charge >= 0.3 is 30.0 Å². The third-order valence-electron chi connectivity index (χ3n) is 7.89. The molecule has 3 rings (SSSR count). The predicted molar refractivity (Wildman–Crippen MR) is 201 cm³/mol. The van der Waals surface area contributed by atoms with Gasteiger partial charge in [0.15, 0.2) is 0 Å². The third-order valence-corrected chi connectivity index (χ3v) is 7.89. The van der Waals surface area contributed by atoms with Gasteiger partial charge in [0.1, 0.15) is 43.5 Å². The smallest absolute Gasteiger partial charge is 0.408 e. The number of carbonyl (C=O) groups is 7. The number of alkyl carbamates (subject to hydrolysis) is 1. The Hall–Kier alpha value is -6.25. The van der Waals surface area contributed by atoms with E-state index in [1.54, 1.807) is 106 Å². The number of carbonyl (C=O) groups excluding carboxylic acids is 6. The summed E-state index contributed by atoms with van der Waals surface area (Å²) < 4.78 is 21.1. The highest BCUT2D eigenvalue weighted by molar-refractivity contribution is 5.93. The monoisotopic (exact) mass is 775 g/mol.